The van der Waals surface area contributed by atoms with Crippen LogP contribution in [0, 0.1) is 13.8 Å². The molecule has 0 radical (unpaired) electrons. The molecule has 2 aromatic carbocycles. The molecule has 0 saturated heterocycles. The first kappa shape index (κ1) is 12.9. The number of fused-ring (bicyclic) bond motifs is 1. The van der Waals surface area contributed by atoms with Gasteiger partial charge in [-0.3, -0.25) is 4.79 Å². The van der Waals surface area contributed by atoms with Gasteiger partial charge in [-0.2, -0.15) is 0 Å². The number of methoxy groups -OCH3 is 1. The zero-order chi connectivity index (χ0) is 14.3. The second kappa shape index (κ2) is 4.78. The Balaban J connectivity index is 2.01. The molecule has 20 heavy (non-hydrogen) atoms. The fourth-order valence-corrected chi connectivity index (χ4v) is 3.07. The van der Waals surface area contributed by atoms with Crippen molar-refractivity contribution in [3.8, 4) is 5.75 Å². The highest BCUT2D eigenvalue weighted by atomic mass is 16.5. The lowest BCUT2D eigenvalue weighted by Gasteiger charge is -2.29. The average molecular weight is 266 g/mol. The molecule has 1 aliphatic rings. The highest BCUT2D eigenvalue weighted by molar-refractivity contribution is 6.05. The number of aryl methyl sites for hydroxylation is 2. The summed E-state index contributed by atoms with van der Waals surface area (Å²) in [5.74, 6) is 0.858. The molecule has 102 valence electrons. The van der Waals surface area contributed by atoms with Gasteiger partial charge in [0.1, 0.15) is 5.75 Å². The number of benzene rings is 2. The molecule has 0 aromatic heterocycles. The van der Waals surface area contributed by atoms with Gasteiger partial charge in [0.25, 0.3) is 0 Å². The zero-order valence-corrected chi connectivity index (χ0v) is 12.1. The smallest absolute Gasteiger partial charge is 0.174 e. The van der Waals surface area contributed by atoms with Crippen LogP contribution in [0.5, 0.6) is 5.75 Å². The van der Waals surface area contributed by atoms with Crippen LogP contribution in [-0.4, -0.2) is 12.9 Å². The lowest BCUT2D eigenvalue weighted by molar-refractivity contribution is 0.0945. The van der Waals surface area contributed by atoms with Crippen LogP contribution in [-0.2, 0) is 6.42 Å². The third kappa shape index (κ3) is 1.92. The molecule has 0 heterocycles. The normalized spacial score (nSPS) is 16.2. The number of hydrogen-bond acceptors (Lipinski definition) is 2. The molecule has 1 unspecified atom stereocenters. The van der Waals surface area contributed by atoms with Gasteiger partial charge in [-0.05, 0) is 48.6 Å². The topological polar surface area (TPSA) is 26.3 Å². The van der Waals surface area contributed by atoms with E-state index >= 15 is 0 Å². The summed E-state index contributed by atoms with van der Waals surface area (Å²) in [7, 11) is 1.62. The minimum absolute atomic E-state index is 0.0125. The standard InChI is InChI=1S/C18H18O2/c1-11-8-12(2)17(16(9-11)20-3)18(19)15-10-13-6-4-5-7-14(13)15/h4-9,15H,10H2,1-3H3. The molecule has 0 fully saturated rings. The number of Topliss-reactive ketones (excluding diaryl/α,β-unsaturated/α-hetero) is 1. The molecule has 1 atom stereocenters. The minimum Gasteiger partial charge on any atom is -0.496 e. The van der Waals surface area contributed by atoms with Gasteiger partial charge in [0, 0.05) is 0 Å². The molecule has 0 bridgehead atoms. The predicted molar refractivity (Wildman–Crippen MR) is 79.7 cm³/mol. The quantitative estimate of drug-likeness (QED) is 0.789. The van der Waals surface area contributed by atoms with Crippen LogP contribution < -0.4 is 4.74 Å². The monoisotopic (exact) mass is 266 g/mol. The van der Waals surface area contributed by atoms with Gasteiger partial charge in [-0.1, -0.05) is 30.3 Å². The van der Waals surface area contributed by atoms with Crippen LogP contribution in [0.4, 0.5) is 0 Å². The first-order valence-corrected chi connectivity index (χ1v) is 6.89. The van der Waals surface area contributed by atoms with Crippen molar-refractivity contribution >= 4 is 5.78 Å². The van der Waals surface area contributed by atoms with E-state index in [4.69, 9.17) is 4.74 Å². The van der Waals surface area contributed by atoms with Crippen LogP contribution in [0.1, 0.15) is 38.5 Å². The Morgan fingerprint density at radius 2 is 1.95 bits per heavy atom. The molecule has 2 nitrogen and oxygen atoms in total. The molecule has 1 aliphatic carbocycles. The summed E-state index contributed by atoms with van der Waals surface area (Å²) in [6.45, 7) is 4.00. The SMILES string of the molecule is COc1cc(C)cc(C)c1C(=O)C1Cc2ccccc21. The molecular weight excluding hydrogens is 248 g/mol. The Labute approximate surface area is 119 Å². The molecule has 0 amide bonds. The molecule has 0 spiro atoms. The summed E-state index contributed by atoms with van der Waals surface area (Å²) in [5, 5.41) is 0. The van der Waals surface area contributed by atoms with Crippen molar-refractivity contribution in [3.05, 3.63) is 64.2 Å². The molecule has 0 aliphatic heterocycles. The Morgan fingerprint density at radius 3 is 2.65 bits per heavy atom. The summed E-state index contributed by atoms with van der Waals surface area (Å²) >= 11 is 0. The second-order valence-electron chi connectivity index (χ2n) is 5.48. The van der Waals surface area contributed by atoms with Gasteiger partial charge in [0.15, 0.2) is 5.78 Å². The number of rotatable bonds is 3. The number of hydrogen-bond donors (Lipinski definition) is 0. The van der Waals surface area contributed by atoms with Gasteiger partial charge in [-0.25, -0.2) is 0 Å². The van der Waals surface area contributed by atoms with Crippen LogP contribution in [0.25, 0.3) is 0 Å². The molecule has 3 rings (SSSR count). The third-order valence-electron chi connectivity index (χ3n) is 4.08. The van der Waals surface area contributed by atoms with Gasteiger partial charge >= 0.3 is 0 Å². The Morgan fingerprint density at radius 1 is 1.20 bits per heavy atom. The van der Waals surface area contributed by atoms with Crippen LogP contribution in [0.15, 0.2) is 36.4 Å². The van der Waals surface area contributed by atoms with Crippen LogP contribution >= 0.6 is 0 Å². The van der Waals surface area contributed by atoms with E-state index in [9.17, 15) is 4.79 Å². The number of carbonyl (C=O) groups excluding carboxylic acids is 1. The van der Waals surface area contributed by atoms with Crippen molar-refractivity contribution in [2.75, 3.05) is 7.11 Å². The van der Waals surface area contributed by atoms with Crippen molar-refractivity contribution in [2.24, 2.45) is 0 Å². The van der Waals surface area contributed by atoms with Crippen LogP contribution in [0.3, 0.4) is 0 Å². The van der Waals surface area contributed by atoms with E-state index in [1.807, 2.05) is 38.1 Å². The van der Waals surface area contributed by atoms with Crippen molar-refractivity contribution in [3.63, 3.8) is 0 Å². The van der Waals surface area contributed by atoms with E-state index in [2.05, 4.69) is 12.1 Å². The molecular formula is C18H18O2. The largest absolute Gasteiger partial charge is 0.496 e. The van der Waals surface area contributed by atoms with Crippen LogP contribution in [0.2, 0.25) is 0 Å². The number of ketones is 1. The summed E-state index contributed by atoms with van der Waals surface area (Å²) in [5.41, 5.74) is 5.30. The summed E-state index contributed by atoms with van der Waals surface area (Å²) < 4.78 is 5.41. The van der Waals surface area contributed by atoms with E-state index in [1.165, 1.54) is 11.1 Å². The summed E-state index contributed by atoms with van der Waals surface area (Å²) in [4.78, 5) is 12.8. The van der Waals surface area contributed by atoms with Gasteiger partial charge < -0.3 is 4.74 Å². The van der Waals surface area contributed by atoms with Crippen molar-refractivity contribution in [2.45, 2.75) is 26.2 Å². The molecule has 2 aromatic rings. The second-order valence-corrected chi connectivity index (χ2v) is 5.48. The lowest BCUT2D eigenvalue weighted by atomic mass is 9.73. The fourth-order valence-electron chi connectivity index (χ4n) is 3.07. The van der Waals surface area contributed by atoms with E-state index in [-0.39, 0.29) is 11.7 Å². The third-order valence-corrected chi connectivity index (χ3v) is 4.08. The van der Waals surface area contributed by atoms with Crippen molar-refractivity contribution < 1.29 is 9.53 Å². The fraction of sp³-hybridized carbons (Fsp3) is 0.278. The molecule has 0 saturated carbocycles. The maximum atomic E-state index is 12.8. The predicted octanol–water partition coefficient (Wildman–Crippen LogP) is 3.83. The maximum absolute atomic E-state index is 12.8. The highest BCUT2D eigenvalue weighted by Crippen LogP contribution is 2.39. The maximum Gasteiger partial charge on any atom is 0.174 e. The first-order chi connectivity index (χ1) is 9.61. The molecule has 2 heteroatoms. The highest BCUT2D eigenvalue weighted by Gasteiger charge is 2.34. The zero-order valence-electron chi connectivity index (χ0n) is 12.1. The van der Waals surface area contributed by atoms with Gasteiger partial charge in [-0.15, -0.1) is 0 Å². The number of carbonyl (C=O) groups is 1. The first-order valence-electron chi connectivity index (χ1n) is 6.89. The number of ether oxygens (including phenoxy) is 1. The van der Waals surface area contributed by atoms with E-state index in [0.717, 1.165) is 23.1 Å². The van der Waals surface area contributed by atoms with Gasteiger partial charge in [0.05, 0.1) is 18.6 Å². The average Bonchev–Trinajstić information content (AvgIpc) is 2.39. The Kier molecular flexibility index (Phi) is 3.09. The summed E-state index contributed by atoms with van der Waals surface area (Å²) in [6, 6.07) is 12.1. The Hall–Kier alpha value is -2.09. The van der Waals surface area contributed by atoms with Crippen molar-refractivity contribution in [1.82, 2.24) is 0 Å². The van der Waals surface area contributed by atoms with Crippen molar-refractivity contribution in [1.29, 1.82) is 0 Å². The minimum atomic E-state index is -0.0125. The summed E-state index contributed by atoms with van der Waals surface area (Å²) in [6.07, 6.45) is 0.839. The van der Waals surface area contributed by atoms with E-state index in [0.29, 0.717) is 5.75 Å². The lowest BCUT2D eigenvalue weighted by Crippen LogP contribution is -2.26. The Bertz CT molecular complexity index is 686. The van der Waals surface area contributed by atoms with Gasteiger partial charge in [0.2, 0.25) is 0 Å². The van der Waals surface area contributed by atoms with E-state index in [1.54, 1.807) is 7.11 Å². The molecule has 0 N–H and O–H groups in total. The van der Waals surface area contributed by atoms with E-state index < -0.39 is 0 Å².